The van der Waals surface area contributed by atoms with E-state index in [4.69, 9.17) is 4.74 Å². The van der Waals surface area contributed by atoms with Gasteiger partial charge in [0, 0.05) is 24.7 Å². The van der Waals surface area contributed by atoms with Gasteiger partial charge >= 0.3 is 5.97 Å². The number of nitro groups is 1. The number of nitrogens with one attached hydrogen (secondary N) is 1. The van der Waals surface area contributed by atoms with E-state index < -0.39 is 27.5 Å². The van der Waals surface area contributed by atoms with Crippen LogP contribution in [0.25, 0.3) is 0 Å². The smallest absolute Gasteiger partial charge is 0.340 e. The van der Waals surface area contributed by atoms with Crippen LogP contribution in [-0.2, 0) is 19.6 Å². The monoisotopic (exact) mass is 461 g/mol. The molecule has 0 aliphatic carbocycles. The summed E-state index contributed by atoms with van der Waals surface area (Å²) < 4.78 is 32.8. The van der Waals surface area contributed by atoms with Crippen LogP contribution in [0, 0.1) is 10.1 Å². The minimum atomic E-state index is -4.22. The maximum Gasteiger partial charge on any atom is 0.340 e. The average Bonchev–Trinajstić information content (AvgIpc) is 2.77. The summed E-state index contributed by atoms with van der Waals surface area (Å²) in [6.45, 7) is 2.10. The van der Waals surface area contributed by atoms with E-state index in [-0.39, 0.29) is 33.8 Å². The van der Waals surface area contributed by atoms with Crippen molar-refractivity contribution in [2.45, 2.75) is 37.1 Å². The fourth-order valence-electron chi connectivity index (χ4n) is 3.47. The van der Waals surface area contributed by atoms with Crippen molar-refractivity contribution in [1.29, 1.82) is 0 Å². The number of rotatable bonds is 7. The number of amides is 1. The summed E-state index contributed by atoms with van der Waals surface area (Å²) in [5.74, 6) is -1.17. The standard InChI is InChI=1S/C21H23N3O7S/c1-15-7-4-5-12-23(15)20(25)14-31-21(26)18-10-2-3-11-19(18)22-32(29,30)17-9-6-8-16(13-17)24(27)28/h2-3,6,8-11,13,15,22H,4-5,7,12,14H2,1H3. The number of benzene rings is 2. The number of sulfonamides is 1. The first-order valence-corrected chi connectivity index (χ1v) is 11.5. The molecule has 1 aliphatic rings. The second-order valence-electron chi connectivity index (χ2n) is 7.41. The number of para-hydroxylation sites is 1. The number of non-ortho nitro benzene ring substituents is 1. The number of carbonyl (C=O) groups excluding carboxylic acids is 2. The number of anilines is 1. The van der Waals surface area contributed by atoms with Gasteiger partial charge in [-0.1, -0.05) is 18.2 Å². The highest BCUT2D eigenvalue weighted by Gasteiger charge is 2.25. The molecule has 2 aromatic rings. The molecule has 1 heterocycles. The number of carbonyl (C=O) groups is 2. The predicted octanol–water partition coefficient (Wildman–Crippen LogP) is 2.95. The number of nitro benzene ring substituents is 1. The molecule has 32 heavy (non-hydrogen) atoms. The summed E-state index contributed by atoms with van der Waals surface area (Å²) in [6, 6.07) is 10.4. The molecule has 1 aliphatic heterocycles. The molecule has 1 unspecified atom stereocenters. The van der Waals surface area contributed by atoms with Crippen LogP contribution >= 0.6 is 0 Å². The van der Waals surface area contributed by atoms with Crippen LogP contribution in [0.4, 0.5) is 11.4 Å². The number of esters is 1. The molecule has 1 fully saturated rings. The molecule has 0 aromatic heterocycles. The van der Waals surface area contributed by atoms with E-state index in [0.717, 1.165) is 25.3 Å². The van der Waals surface area contributed by atoms with E-state index in [0.29, 0.717) is 6.54 Å². The number of likely N-dealkylation sites (tertiary alicyclic amines) is 1. The summed E-state index contributed by atoms with van der Waals surface area (Å²) in [7, 11) is -4.22. The molecular weight excluding hydrogens is 438 g/mol. The lowest BCUT2D eigenvalue weighted by molar-refractivity contribution is -0.385. The molecule has 2 aromatic carbocycles. The van der Waals surface area contributed by atoms with Gasteiger partial charge in [-0.25, -0.2) is 13.2 Å². The van der Waals surface area contributed by atoms with Gasteiger partial charge in [-0.3, -0.25) is 19.6 Å². The number of hydrogen-bond donors (Lipinski definition) is 1. The largest absolute Gasteiger partial charge is 0.452 e. The number of nitrogens with zero attached hydrogens (tertiary/aromatic N) is 2. The second kappa shape index (κ2) is 9.77. The topological polar surface area (TPSA) is 136 Å². The molecule has 10 nitrogen and oxygen atoms in total. The van der Waals surface area contributed by atoms with Gasteiger partial charge in [0.2, 0.25) is 0 Å². The molecule has 0 radical (unpaired) electrons. The van der Waals surface area contributed by atoms with Crippen molar-refractivity contribution in [1.82, 2.24) is 4.90 Å². The van der Waals surface area contributed by atoms with Gasteiger partial charge in [-0.15, -0.1) is 0 Å². The Kier molecular flexibility index (Phi) is 7.08. The number of ether oxygens (including phenoxy) is 1. The Balaban J connectivity index is 1.74. The van der Waals surface area contributed by atoms with E-state index >= 15 is 0 Å². The van der Waals surface area contributed by atoms with E-state index in [1.54, 1.807) is 4.90 Å². The van der Waals surface area contributed by atoms with Crippen molar-refractivity contribution < 1.29 is 27.7 Å². The average molecular weight is 461 g/mol. The van der Waals surface area contributed by atoms with Crippen molar-refractivity contribution in [3.8, 4) is 0 Å². The molecule has 0 spiro atoms. The van der Waals surface area contributed by atoms with Crippen LogP contribution in [0.15, 0.2) is 53.4 Å². The Morgan fingerprint density at radius 1 is 1.19 bits per heavy atom. The summed E-state index contributed by atoms with van der Waals surface area (Å²) in [5.41, 5.74) is -0.533. The van der Waals surface area contributed by atoms with Crippen LogP contribution in [-0.4, -0.2) is 49.3 Å². The van der Waals surface area contributed by atoms with Crippen LogP contribution < -0.4 is 4.72 Å². The second-order valence-corrected chi connectivity index (χ2v) is 9.10. The highest BCUT2D eigenvalue weighted by atomic mass is 32.2. The first-order valence-electron chi connectivity index (χ1n) is 10.0. The van der Waals surface area contributed by atoms with Gasteiger partial charge in [0.1, 0.15) is 0 Å². The summed E-state index contributed by atoms with van der Waals surface area (Å²) in [5, 5.41) is 10.9. The maximum absolute atomic E-state index is 12.7. The summed E-state index contributed by atoms with van der Waals surface area (Å²) in [4.78, 5) is 36.6. The Morgan fingerprint density at radius 2 is 1.94 bits per heavy atom. The molecule has 1 N–H and O–H groups in total. The zero-order valence-electron chi connectivity index (χ0n) is 17.4. The zero-order chi connectivity index (χ0) is 23.3. The third kappa shape index (κ3) is 5.41. The van der Waals surface area contributed by atoms with Crippen molar-refractivity contribution in [2.24, 2.45) is 0 Å². The number of hydrogen-bond acceptors (Lipinski definition) is 7. The molecule has 170 valence electrons. The fourth-order valence-corrected chi connectivity index (χ4v) is 4.59. The first kappa shape index (κ1) is 23.2. The van der Waals surface area contributed by atoms with E-state index in [9.17, 15) is 28.1 Å². The lowest BCUT2D eigenvalue weighted by Gasteiger charge is -2.33. The highest BCUT2D eigenvalue weighted by molar-refractivity contribution is 7.92. The Morgan fingerprint density at radius 3 is 2.66 bits per heavy atom. The van der Waals surface area contributed by atoms with E-state index in [1.807, 2.05) is 6.92 Å². The fraction of sp³-hybridized carbons (Fsp3) is 0.333. The van der Waals surface area contributed by atoms with Gasteiger partial charge in [-0.05, 0) is 44.4 Å². The summed E-state index contributed by atoms with van der Waals surface area (Å²) >= 11 is 0. The lowest BCUT2D eigenvalue weighted by atomic mass is 10.0. The van der Waals surface area contributed by atoms with E-state index in [1.165, 1.54) is 42.5 Å². The van der Waals surface area contributed by atoms with Crippen LogP contribution in [0.3, 0.4) is 0 Å². The van der Waals surface area contributed by atoms with Crippen LogP contribution in [0.2, 0.25) is 0 Å². The molecule has 0 bridgehead atoms. The predicted molar refractivity (Wildman–Crippen MR) is 116 cm³/mol. The molecule has 0 saturated carbocycles. The zero-order valence-corrected chi connectivity index (χ0v) is 18.2. The van der Waals surface area contributed by atoms with Crippen molar-refractivity contribution in [2.75, 3.05) is 17.9 Å². The molecular formula is C21H23N3O7S. The molecule has 1 amide bonds. The third-order valence-corrected chi connectivity index (χ3v) is 6.54. The quantitative estimate of drug-likeness (QED) is 0.380. The van der Waals surface area contributed by atoms with Gasteiger partial charge < -0.3 is 9.64 Å². The van der Waals surface area contributed by atoms with Crippen molar-refractivity contribution in [3.63, 3.8) is 0 Å². The minimum absolute atomic E-state index is 0.0669. The maximum atomic E-state index is 12.7. The highest BCUT2D eigenvalue weighted by Crippen LogP contribution is 2.23. The minimum Gasteiger partial charge on any atom is -0.452 e. The molecule has 1 saturated heterocycles. The molecule has 11 heteroatoms. The summed E-state index contributed by atoms with van der Waals surface area (Å²) in [6.07, 6.45) is 2.83. The first-order chi connectivity index (χ1) is 15.2. The van der Waals surface area contributed by atoms with Gasteiger partial charge in [0.15, 0.2) is 6.61 Å². The molecule has 3 rings (SSSR count). The Bertz CT molecular complexity index is 1130. The SMILES string of the molecule is CC1CCCCN1C(=O)COC(=O)c1ccccc1NS(=O)(=O)c1cccc([N+](=O)[O-])c1. The number of piperidine rings is 1. The Hall–Kier alpha value is -3.47. The van der Waals surface area contributed by atoms with Crippen LogP contribution in [0.5, 0.6) is 0 Å². The third-order valence-electron chi connectivity index (χ3n) is 5.18. The van der Waals surface area contributed by atoms with Crippen LogP contribution in [0.1, 0.15) is 36.5 Å². The normalized spacial score (nSPS) is 16.3. The van der Waals surface area contributed by atoms with Gasteiger partial charge in [0.25, 0.3) is 21.6 Å². The Labute approximate surface area is 185 Å². The lowest BCUT2D eigenvalue weighted by Crippen LogP contribution is -2.44. The molecule has 1 atom stereocenters. The van der Waals surface area contributed by atoms with E-state index in [2.05, 4.69) is 4.72 Å². The van der Waals surface area contributed by atoms with Crippen molar-refractivity contribution >= 4 is 33.3 Å². The van der Waals surface area contributed by atoms with Crippen molar-refractivity contribution in [3.05, 3.63) is 64.2 Å². The van der Waals surface area contributed by atoms with Gasteiger partial charge in [-0.2, -0.15) is 0 Å². The van der Waals surface area contributed by atoms with Gasteiger partial charge in [0.05, 0.1) is 21.1 Å².